The van der Waals surface area contributed by atoms with Crippen LogP contribution in [0.1, 0.15) is 37.7 Å². The SMILES string of the molecule is Cc1cccc2c(=O)n(CCC(=O)N(C)C3CC4CCC(C3)N4)cnc12.Cl. The van der Waals surface area contributed by atoms with E-state index in [1.54, 1.807) is 17.0 Å². The summed E-state index contributed by atoms with van der Waals surface area (Å²) in [6, 6.07) is 7.05. The number of fused-ring (bicyclic) bond motifs is 3. The Bertz CT molecular complexity index is 885. The Morgan fingerprint density at radius 2 is 2.00 bits per heavy atom. The van der Waals surface area contributed by atoms with E-state index < -0.39 is 0 Å². The quantitative estimate of drug-likeness (QED) is 0.869. The molecule has 146 valence electrons. The van der Waals surface area contributed by atoms with Crippen molar-refractivity contribution in [1.82, 2.24) is 19.8 Å². The molecule has 1 aromatic carbocycles. The smallest absolute Gasteiger partial charge is 0.261 e. The standard InChI is InChI=1S/C20H26N4O2.ClH/c1-13-4-3-5-17-19(13)21-12-24(20(17)26)9-8-18(25)23(2)16-10-14-6-7-15(11-16)22-14;/h3-5,12,14-16,22H,6-11H2,1-2H3;1H. The number of amides is 1. The van der Waals surface area contributed by atoms with Gasteiger partial charge in [0.1, 0.15) is 0 Å². The highest BCUT2D eigenvalue weighted by Gasteiger charge is 2.36. The van der Waals surface area contributed by atoms with Gasteiger partial charge in [0.25, 0.3) is 5.56 Å². The summed E-state index contributed by atoms with van der Waals surface area (Å²) in [6.45, 7) is 2.32. The van der Waals surface area contributed by atoms with E-state index in [0.717, 1.165) is 23.9 Å². The largest absolute Gasteiger partial charge is 0.343 e. The lowest BCUT2D eigenvalue weighted by Crippen LogP contribution is -2.48. The molecule has 0 radical (unpaired) electrons. The Balaban J connectivity index is 0.00000210. The Hall–Kier alpha value is -1.92. The first-order valence-electron chi connectivity index (χ1n) is 9.49. The number of nitrogens with one attached hydrogen (secondary N) is 1. The third-order valence-electron chi connectivity index (χ3n) is 6.01. The number of benzene rings is 1. The number of nitrogens with zero attached hydrogens (tertiary/aromatic N) is 3. The van der Waals surface area contributed by atoms with Crippen LogP contribution in [0.5, 0.6) is 0 Å². The summed E-state index contributed by atoms with van der Waals surface area (Å²) in [6.07, 6.45) is 6.41. The molecule has 7 heteroatoms. The van der Waals surface area contributed by atoms with Crippen LogP contribution >= 0.6 is 12.4 Å². The van der Waals surface area contributed by atoms with E-state index in [4.69, 9.17) is 0 Å². The van der Waals surface area contributed by atoms with E-state index >= 15 is 0 Å². The minimum Gasteiger partial charge on any atom is -0.343 e. The molecule has 0 saturated carbocycles. The predicted molar refractivity (Wildman–Crippen MR) is 108 cm³/mol. The van der Waals surface area contributed by atoms with Gasteiger partial charge in [-0.05, 0) is 44.2 Å². The second kappa shape index (κ2) is 7.98. The average molecular weight is 391 g/mol. The number of para-hydroxylation sites is 1. The van der Waals surface area contributed by atoms with Gasteiger partial charge in [-0.25, -0.2) is 4.98 Å². The molecule has 0 aliphatic carbocycles. The van der Waals surface area contributed by atoms with Gasteiger partial charge in [-0.1, -0.05) is 12.1 Å². The summed E-state index contributed by atoms with van der Waals surface area (Å²) in [5.74, 6) is 0.104. The van der Waals surface area contributed by atoms with Crippen molar-refractivity contribution in [2.24, 2.45) is 0 Å². The van der Waals surface area contributed by atoms with Gasteiger partial charge in [0.15, 0.2) is 0 Å². The van der Waals surface area contributed by atoms with Gasteiger partial charge < -0.3 is 10.2 Å². The molecule has 0 spiro atoms. The van der Waals surface area contributed by atoms with E-state index in [-0.39, 0.29) is 23.9 Å². The minimum absolute atomic E-state index is 0. The first kappa shape index (κ1) is 19.8. The highest BCUT2D eigenvalue weighted by atomic mass is 35.5. The van der Waals surface area contributed by atoms with Gasteiger partial charge >= 0.3 is 0 Å². The number of halogens is 1. The summed E-state index contributed by atoms with van der Waals surface area (Å²) in [5, 5.41) is 4.22. The molecule has 2 fully saturated rings. The number of aromatic nitrogens is 2. The average Bonchev–Trinajstić information content (AvgIpc) is 2.98. The van der Waals surface area contributed by atoms with Crippen molar-refractivity contribution in [3.63, 3.8) is 0 Å². The highest BCUT2D eigenvalue weighted by Crippen LogP contribution is 2.29. The topological polar surface area (TPSA) is 67.2 Å². The molecule has 2 unspecified atom stereocenters. The van der Waals surface area contributed by atoms with E-state index in [9.17, 15) is 9.59 Å². The summed E-state index contributed by atoms with van der Waals surface area (Å²) >= 11 is 0. The summed E-state index contributed by atoms with van der Waals surface area (Å²) in [7, 11) is 1.91. The highest BCUT2D eigenvalue weighted by molar-refractivity contribution is 5.85. The second-order valence-corrected chi connectivity index (χ2v) is 7.73. The van der Waals surface area contributed by atoms with Crippen LogP contribution in [0.3, 0.4) is 0 Å². The number of hydrogen-bond acceptors (Lipinski definition) is 4. The normalized spacial score (nSPS) is 23.9. The van der Waals surface area contributed by atoms with Crippen LogP contribution in [-0.4, -0.2) is 45.5 Å². The van der Waals surface area contributed by atoms with E-state index in [1.807, 2.05) is 31.0 Å². The molecule has 2 aliphatic rings. The van der Waals surface area contributed by atoms with Crippen LogP contribution in [0, 0.1) is 6.92 Å². The Morgan fingerprint density at radius 3 is 2.70 bits per heavy atom. The molecule has 1 aromatic heterocycles. The zero-order valence-corrected chi connectivity index (χ0v) is 16.7. The zero-order chi connectivity index (χ0) is 18.3. The first-order chi connectivity index (χ1) is 12.5. The van der Waals surface area contributed by atoms with Gasteiger partial charge in [0.2, 0.25) is 5.91 Å². The number of carbonyl (C=O) groups excluding carboxylic acids is 1. The molecule has 2 saturated heterocycles. The number of rotatable bonds is 4. The Labute approximate surface area is 165 Å². The van der Waals surface area contributed by atoms with E-state index in [2.05, 4.69) is 10.3 Å². The van der Waals surface area contributed by atoms with Crippen molar-refractivity contribution in [1.29, 1.82) is 0 Å². The molecule has 1 amide bonds. The minimum atomic E-state index is -0.0749. The van der Waals surface area contributed by atoms with Gasteiger partial charge in [-0.3, -0.25) is 14.2 Å². The van der Waals surface area contributed by atoms with Crippen LogP contribution in [0.25, 0.3) is 10.9 Å². The van der Waals surface area contributed by atoms with Gasteiger partial charge in [0.05, 0.1) is 17.2 Å². The molecule has 4 rings (SSSR count). The molecule has 6 nitrogen and oxygen atoms in total. The predicted octanol–water partition coefficient (Wildman–Crippen LogP) is 2.26. The van der Waals surface area contributed by atoms with Crippen molar-refractivity contribution in [2.75, 3.05) is 7.05 Å². The van der Waals surface area contributed by atoms with Crippen LogP contribution < -0.4 is 10.9 Å². The third-order valence-corrected chi connectivity index (χ3v) is 6.01. The molecule has 2 aliphatic heterocycles. The van der Waals surface area contributed by atoms with Gasteiger partial charge in [-0.2, -0.15) is 0 Å². The van der Waals surface area contributed by atoms with Crippen molar-refractivity contribution < 1.29 is 4.79 Å². The maximum absolute atomic E-state index is 12.6. The number of aryl methyl sites for hydroxylation is 2. The van der Waals surface area contributed by atoms with E-state index in [0.29, 0.717) is 36.5 Å². The molecule has 1 N–H and O–H groups in total. The fraction of sp³-hybridized carbons (Fsp3) is 0.550. The number of carbonyl (C=O) groups is 1. The first-order valence-corrected chi connectivity index (χ1v) is 9.49. The van der Waals surface area contributed by atoms with Gasteiger partial charge in [-0.15, -0.1) is 12.4 Å². The van der Waals surface area contributed by atoms with Gasteiger partial charge in [0, 0.05) is 38.1 Å². The molecular weight excluding hydrogens is 364 g/mol. The molecule has 2 bridgehead atoms. The maximum Gasteiger partial charge on any atom is 0.261 e. The Kier molecular flexibility index (Phi) is 5.86. The summed E-state index contributed by atoms with van der Waals surface area (Å²) < 4.78 is 1.56. The number of piperidine rings is 1. The monoisotopic (exact) mass is 390 g/mol. The van der Waals surface area contributed by atoms with Crippen molar-refractivity contribution in [3.05, 3.63) is 40.4 Å². The van der Waals surface area contributed by atoms with Crippen LogP contribution in [-0.2, 0) is 11.3 Å². The molecule has 2 atom stereocenters. The lowest BCUT2D eigenvalue weighted by Gasteiger charge is -2.35. The zero-order valence-electron chi connectivity index (χ0n) is 15.9. The van der Waals surface area contributed by atoms with Crippen LogP contribution in [0.2, 0.25) is 0 Å². The maximum atomic E-state index is 12.6. The third kappa shape index (κ3) is 3.87. The van der Waals surface area contributed by atoms with Crippen LogP contribution in [0.4, 0.5) is 0 Å². The molecule has 27 heavy (non-hydrogen) atoms. The fourth-order valence-corrected chi connectivity index (χ4v) is 4.44. The summed E-state index contributed by atoms with van der Waals surface area (Å²) in [5.41, 5.74) is 1.65. The molecule has 3 heterocycles. The second-order valence-electron chi connectivity index (χ2n) is 7.73. The molecule has 2 aromatic rings. The van der Waals surface area contributed by atoms with E-state index in [1.165, 1.54) is 12.8 Å². The lowest BCUT2D eigenvalue weighted by molar-refractivity contribution is -0.132. The number of hydrogen-bond donors (Lipinski definition) is 1. The van der Waals surface area contributed by atoms with Crippen molar-refractivity contribution in [2.45, 2.75) is 63.7 Å². The van der Waals surface area contributed by atoms with Crippen molar-refractivity contribution >= 4 is 29.2 Å². The molecular formula is C20H27ClN4O2. The fourth-order valence-electron chi connectivity index (χ4n) is 4.44. The lowest BCUT2D eigenvalue weighted by atomic mass is 9.98. The Morgan fingerprint density at radius 1 is 1.30 bits per heavy atom. The van der Waals surface area contributed by atoms with Crippen molar-refractivity contribution in [3.8, 4) is 0 Å². The van der Waals surface area contributed by atoms with Crippen LogP contribution in [0.15, 0.2) is 29.3 Å². The summed E-state index contributed by atoms with van der Waals surface area (Å²) in [4.78, 5) is 31.6.